The molecule has 0 spiro atoms. The van der Waals surface area contributed by atoms with Gasteiger partial charge in [0.2, 0.25) is 47.3 Å². The van der Waals surface area contributed by atoms with Gasteiger partial charge in [0.25, 0.3) is 0 Å². The van der Waals surface area contributed by atoms with Crippen LogP contribution < -0.4 is 42.5 Å². The monoisotopic (exact) mass is 983 g/mol. The predicted octanol–water partition coefficient (Wildman–Crippen LogP) is -3.51. The van der Waals surface area contributed by atoms with E-state index in [1.165, 1.54) is 11.8 Å². The van der Waals surface area contributed by atoms with Crippen molar-refractivity contribution in [2.75, 3.05) is 25.4 Å². The summed E-state index contributed by atoms with van der Waals surface area (Å²) in [6.07, 6.45) is -0.850. The van der Waals surface area contributed by atoms with Crippen LogP contribution in [-0.2, 0) is 60.8 Å². The zero-order valence-corrected chi connectivity index (χ0v) is 39.0. The van der Waals surface area contributed by atoms with Gasteiger partial charge in [-0.15, -0.1) is 0 Å². The highest BCUT2D eigenvalue weighted by Gasteiger charge is 2.40. The Morgan fingerprint density at radius 3 is 1.74 bits per heavy atom. The van der Waals surface area contributed by atoms with Crippen LogP contribution in [0.2, 0.25) is 0 Å². The quantitative estimate of drug-likeness (QED) is 0.0429. The molecule has 12 N–H and O–H groups in total. The molecule has 0 bridgehead atoms. The molecule has 0 unspecified atom stereocenters. The lowest BCUT2D eigenvalue weighted by Crippen LogP contribution is -2.62. The van der Waals surface area contributed by atoms with Crippen molar-refractivity contribution < 1.29 is 68.4 Å². The molecule has 23 nitrogen and oxygen atoms in total. The molecule has 10 atom stereocenters. The number of benzene rings is 2. The zero-order chi connectivity index (χ0) is 50.8. The van der Waals surface area contributed by atoms with Gasteiger partial charge in [0.1, 0.15) is 48.3 Å². The molecule has 2 heterocycles. The fourth-order valence-electron chi connectivity index (χ4n) is 7.69. The number of aliphatic hydroxyl groups is 2. The maximum absolute atomic E-state index is 13.9. The average Bonchev–Trinajstić information content (AvgIpc) is 4.05. The van der Waals surface area contributed by atoms with Gasteiger partial charge in [0.15, 0.2) is 0 Å². The van der Waals surface area contributed by atoms with E-state index in [4.69, 9.17) is 0 Å². The van der Waals surface area contributed by atoms with Crippen LogP contribution in [0, 0.1) is 0 Å². The third kappa shape index (κ3) is 16.5. The van der Waals surface area contributed by atoms with Crippen molar-refractivity contribution in [1.29, 1.82) is 0 Å². The number of hydrogen-bond donors (Lipinski definition) is 13. The van der Waals surface area contributed by atoms with E-state index < -0.39 is 138 Å². The predicted molar refractivity (Wildman–Crippen MR) is 248 cm³/mol. The first kappa shape index (κ1) is 55.0. The number of likely N-dealkylation sites (tertiary alicyclic amines) is 1. The van der Waals surface area contributed by atoms with E-state index in [1.807, 2.05) is 0 Å². The van der Waals surface area contributed by atoms with Crippen molar-refractivity contribution in [2.45, 2.75) is 119 Å². The molecule has 2 aromatic rings. The molecule has 2 aromatic carbocycles. The number of carbonyl (C=O) groups is 10. The summed E-state index contributed by atoms with van der Waals surface area (Å²) in [7, 11) is 0. The minimum Gasteiger partial charge on any atom is -0.481 e. The van der Waals surface area contributed by atoms with E-state index in [-0.39, 0.29) is 25.8 Å². The number of thiol groups is 1. The van der Waals surface area contributed by atoms with E-state index in [0.29, 0.717) is 30.5 Å². The van der Waals surface area contributed by atoms with Crippen LogP contribution in [0.25, 0.3) is 0 Å². The fraction of sp³-hybridized carbons (Fsp3) is 0.511. The Morgan fingerprint density at radius 2 is 1.20 bits per heavy atom. The number of nitrogens with one attached hydrogen (secondary N) is 8. The number of aliphatic carboxylic acids is 2. The summed E-state index contributed by atoms with van der Waals surface area (Å²) in [6.45, 7) is 2.47. The van der Waals surface area contributed by atoms with Gasteiger partial charge in [-0.3, -0.25) is 43.2 Å². The molecular weight excluding hydrogens is 923 g/mol. The number of amides is 8. The minimum atomic E-state index is -1.81. The molecule has 376 valence electrons. The normalized spacial score (nSPS) is 18.9. The van der Waals surface area contributed by atoms with Gasteiger partial charge >= 0.3 is 11.9 Å². The summed E-state index contributed by atoms with van der Waals surface area (Å²) in [5, 5.41) is 59.6. The standard InChI is InChI=1S/C45H61N9O14S/c1-24(47-39(61)29(19-26-11-5-3-6-12-26)49-42(64)34-16-10-18-54(34)44(66)32(22-55)51-38(60)28-15-9-17-46-28)37(59)53-36(25(2)56)43(65)52-33(23-69)41(63)48-30(21-35(57)58)40(62)50-31(45(67)68)20-27-13-7-4-8-14-27/h3-8,11-14,24-25,28-34,36,46,55-56,69H,9-10,15-23H2,1-2H3,(H,47,61)(H,48,63)(H,49,64)(H,50,62)(H,51,60)(H,52,65)(H,53,59)(H,57,58)(H,67,68)/t24-,25+,28-,29-,30-,31-,32-,33-,34-,36-/m0/s1. The molecule has 2 saturated heterocycles. The molecule has 0 saturated carbocycles. The Kier molecular flexibility index (Phi) is 21.3. The van der Waals surface area contributed by atoms with E-state index >= 15 is 0 Å². The SMILES string of the molecule is C[C@H](NC(=O)[C@H](Cc1ccccc1)NC(=O)[C@@H]1CCCN1C(=O)[C@H](CO)NC(=O)[C@@H]1CCCN1)C(=O)N[C@H](C(=O)N[C@@H](CS)C(=O)N[C@@H](CC(=O)O)C(=O)N[C@@H](Cc1ccccc1)C(=O)O)[C@@H](C)O. The number of nitrogens with zero attached hydrogens (tertiary/aromatic N) is 1. The third-order valence-electron chi connectivity index (χ3n) is 11.5. The number of carboxylic acid groups (broad SMARTS) is 2. The highest BCUT2D eigenvalue weighted by molar-refractivity contribution is 7.80. The molecular formula is C45H61N9O14S. The number of carbonyl (C=O) groups excluding carboxylic acids is 8. The molecule has 8 amide bonds. The summed E-state index contributed by atoms with van der Waals surface area (Å²) in [5.41, 5.74) is 1.17. The highest BCUT2D eigenvalue weighted by atomic mass is 32.1. The van der Waals surface area contributed by atoms with Gasteiger partial charge < -0.3 is 67.9 Å². The van der Waals surface area contributed by atoms with Gasteiger partial charge in [-0.1, -0.05) is 60.7 Å². The van der Waals surface area contributed by atoms with Gasteiger partial charge in [0, 0.05) is 25.1 Å². The molecule has 2 fully saturated rings. The van der Waals surface area contributed by atoms with Crippen LogP contribution in [0.3, 0.4) is 0 Å². The second-order valence-electron chi connectivity index (χ2n) is 16.8. The van der Waals surface area contributed by atoms with Gasteiger partial charge in [-0.25, -0.2) is 4.79 Å². The highest BCUT2D eigenvalue weighted by Crippen LogP contribution is 2.20. The zero-order valence-electron chi connectivity index (χ0n) is 38.1. The molecule has 4 rings (SSSR count). The smallest absolute Gasteiger partial charge is 0.326 e. The van der Waals surface area contributed by atoms with E-state index in [9.17, 15) is 68.4 Å². The number of carboxylic acids is 2. The topological polar surface area (TPSA) is 351 Å². The lowest BCUT2D eigenvalue weighted by Gasteiger charge is -2.30. The third-order valence-corrected chi connectivity index (χ3v) is 11.8. The maximum Gasteiger partial charge on any atom is 0.326 e. The molecule has 2 aliphatic heterocycles. The van der Waals surface area contributed by atoms with Crippen LogP contribution in [-0.4, -0.2) is 170 Å². The van der Waals surface area contributed by atoms with E-state index in [0.717, 1.165) is 13.3 Å². The van der Waals surface area contributed by atoms with Gasteiger partial charge in [-0.2, -0.15) is 12.6 Å². The lowest BCUT2D eigenvalue weighted by atomic mass is 10.0. The molecule has 69 heavy (non-hydrogen) atoms. The maximum atomic E-state index is 13.9. The van der Waals surface area contributed by atoms with Crippen molar-refractivity contribution in [2.24, 2.45) is 0 Å². The Hall–Kier alpha value is -6.63. The fourth-order valence-corrected chi connectivity index (χ4v) is 7.95. The first-order chi connectivity index (χ1) is 32.8. The Bertz CT molecular complexity index is 2150. The van der Waals surface area contributed by atoms with Crippen LogP contribution in [0.15, 0.2) is 60.7 Å². The van der Waals surface area contributed by atoms with Crippen molar-refractivity contribution in [1.82, 2.24) is 47.4 Å². The van der Waals surface area contributed by atoms with E-state index in [2.05, 4.69) is 55.2 Å². The van der Waals surface area contributed by atoms with Crippen LogP contribution in [0.4, 0.5) is 0 Å². The summed E-state index contributed by atoms with van der Waals surface area (Å²) in [6, 6.07) is 4.55. The largest absolute Gasteiger partial charge is 0.481 e. The Morgan fingerprint density at radius 1 is 0.652 bits per heavy atom. The number of hydrogen-bond acceptors (Lipinski definition) is 14. The summed E-state index contributed by atoms with van der Waals surface area (Å²) in [4.78, 5) is 132. The molecule has 24 heteroatoms. The van der Waals surface area contributed by atoms with Crippen LogP contribution in [0.5, 0.6) is 0 Å². The number of aliphatic hydroxyl groups excluding tert-OH is 2. The second kappa shape index (κ2) is 26.8. The first-order valence-electron chi connectivity index (χ1n) is 22.4. The summed E-state index contributed by atoms with van der Waals surface area (Å²) in [5.74, 6) is -10.4. The second-order valence-corrected chi connectivity index (χ2v) is 17.1. The number of rotatable bonds is 25. The van der Waals surface area contributed by atoms with Crippen LogP contribution in [0.1, 0.15) is 57.1 Å². The average molecular weight is 984 g/mol. The molecule has 2 aliphatic rings. The Balaban J connectivity index is 1.40. The van der Waals surface area contributed by atoms with Crippen LogP contribution >= 0.6 is 12.6 Å². The van der Waals surface area contributed by atoms with Gasteiger partial charge in [-0.05, 0) is 57.2 Å². The summed E-state index contributed by atoms with van der Waals surface area (Å²) >= 11 is 4.09. The molecule has 0 aromatic heterocycles. The first-order valence-corrected chi connectivity index (χ1v) is 23.0. The molecule has 0 aliphatic carbocycles. The van der Waals surface area contributed by atoms with Gasteiger partial charge in [0.05, 0.1) is 25.2 Å². The molecule has 0 radical (unpaired) electrons. The van der Waals surface area contributed by atoms with Crippen molar-refractivity contribution in [3.8, 4) is 0 Å². The lowest BCUT2D eigenvalue weighted by molar-refractivity contribution is -0.143. The minimum absolute atomic E-state index is 0.0637. The van der Waals surface area contributed by atoms with E-state index in [1.54, 1.807) is 60.7 Å². The summed E-state index contributed by atoms with van der Waals surface area (Å²) < 4.78 is 0. The van der Waals surface area contributed by atoms with Crippen molar-refractivity contribution >= 4 is 71.8 Å². The Labute approximate surface area is 403 Å². The van der Waals surface area contributed by atoms with Crippen molar-refractivity contribution in [3.63, 3.8) is 0 Å². The van der Waals surface area contributed by atoms with Crippen molar-refractivity contribution in [3.05, 3.63) is 71.8 Å².